The molecule has 0 radical (unpaired) electrons. The molecule has 0 bridgehead atoms. The van der Waals surface area contributed by atoms with Crippen LogP contribution in [0.4, 0.5) is 0 Å². The summed E-state index contributed by atoms with van der Waals surface area (Å²) in [5, 5.41) is 0. The van der Waals surface area contributed by atoms with Crippen molar-refractivity contribution in [3.8, 4) is 0 Å². The van der Waals surface area contributed by atoms with Crippen molar-refractivity contribution in [2.75, 3.05) is 6.54 Å². The molecule has 0 aromatic rings. The fourth-order valence-corrected chi connectivity index (χ4v) is 1.56. The van der Waals surface area contributed by atoms with E-state index in [-0.39, 0.29) is 0 Å². The van der Waals surface area contributed by atoms with Crippen molar-refractivity contribution in [1.82, 2.24) is 0 Å². The molecule has 1 heteroatoms. The van der Waals surface area contributed by atoms with Crippen LogP contribution in [0.2, 0.25) is 0 Å². The van der Waals surface area contributed by atoms with E-state index in [1.807, 2.05) is 0 Å². The molecule has 2 N–H and O–H groups in total. The highest BCUT2D eigenvalue weighted by atomic mass is 14.5. The normalized spacial score (nSPS) is 36.7. The van der Waals surface area contributed by atoms with Crippen molar-refractivity contribution in [3.05, 3.63) is 0 Å². The fourth-order valence-electron chi connectivity index (χ4n) is 1.56. The van der Waals surface area contributed by atoms with Gasteiger partial charge in [0.25, 0.3) is 0 Å². The van der Waals surface area contributed by atoms with Gasteiger partial charge >= 0.3 is 0 Å². The fraction of sp³-hybridized carbons (Fsp3) is 1.00. The predicted molar refractivity (Wildman–Crippen MR) is 40.2 cm³/mol. The van der Waals surface area contributed by atoms with Crippen LogP contribution in [0.3, 0.4) is 0 Å². The molecule has 1 nitrogen and oxygen atoms in total. The van der Waals surface area contributed by atoms with Gasteiger partial charge in [0.05, 0.1) is 0 Å². The Labute approximate surface area is 57.6 Å². The molecule has 1 rings (SSSR count). The minimum atomic E-state index is 0.848. The molecule has 0 heterocycles. The van der Waals surface area contributed by atoms with Gasteiger partial charge in [-0.05, 0) is 31.2 Å². The molecule has 1 saturated carbocycles. The number of nitrogens with two attached hydrogens (primary N) is 1. The highest BCUT2D eigenvalue weighted by molar-refractivity contribution is 4.69. The lowest BCUT2D eigenvalue weighted by Crippen LogP contribution is -2.20. The Morgan fingerprint density at radius 1 is 1.22 bits per heavy atom. The second-order valence-corrected chi connectivity index (χ2v) is 3.36. The van der Waals surface area contributed by atoms with E-state index in [1.165, 1.54) is 25.7 Å². The Bertz CT molecular complexity index is 72.6. The minimum Gasteiger partial charge on any atom is -0.330 e. The summed E-state index contributed by atoms with van der Waals surface area (Å²) in [6.45, 7) is 3.25. The predicted octanol–water partition coefficient (Wildman–Crippen LogP) is 1.77. The van der Waals surface area contributed by atoms with Gasteiger partial charge in [0, 0.05) is 0 Å². The molecule has 0 aromatic carbocycles. The lowest BCUT2D eigenvalue weighted by Gasteiger charge is -2.24. The Hall–Kier alpha value is -0.0400. The van der Waals surface area contributed by atoms with Crippen molar-refractivity contribution in [3.63, 3.8) is 0 Å². The highest BCUT2D eigenvalue weighted by Crippen LogP contribution is 2.26. The van der Waals surface area contributed by atoms with Gasteiger partial charge in [-0.25, -0.2) is 0 Å². The van der Waals surface area contributed by atoms with Crippen molar-refractivity contribution in [2.24, 2.45) is 17.6 Å². The lowest BCUT2D eigenvalue weighted by molar-refractivity contribution is 0.296. The Kier molecular flexibility index (Phi) is 2.52. The summed E-state index contributed by atoms with van der Waals surface area (Å²) in [6.07, 6.45) is 5.55. The summed E-state index contributed by atoms with van der Waals surface area (Å²) >= 11 is 0. The molecule has 0 atom stereocenters. The minimum absolute atomic E-state index is 0.848. The van der Waals surface area contributed by atoms with Gasteiger partial charge in [-0.2, -0.15) is 0 Å². The molecular weight excluding hydrogens is 110 g/mol. The van der Waals surface area contributed by atoms with Crippen LogP contribution >= 0.6 is 0 Å². The van der Waals surface area contributed by atoms with Gasteiger partial charge in [-0.15, -0.1) is 0 Å². The van der Waals surface area contributed by atoms with Crippen LogP contribution in [0.25, 0.3) is 0 Å². The van der Waals surface area contributed by atoms with Gasteiger partial charge in [0.15, 0.2) is 0 Å². The molecule has 54 valence electrons. The monoisotopic (exact) mass is 127 g/mol. The van der Waals surface area contributed by atoms with Crippen LogP contribution in [0.5, 0.6) is 0 Å². The standard InChI is InChI=1S/C8H17N/c1-7-2-4-8(6-9)5-3-7/h7-8H,2-6,9H2,1H3/t7-,8-. The van der Waals surface area contributed by atoms with E-state index in [0.717, 1.165) is 18.4 Å². The average Bonchev–Trinajstić information content (AvgIpc) is 1.90. The third kappa shape index (κ3) is 1.98. The zero-order valence-corrected chi connectivity index (χ0v) is 6.27. The second kappa shape index (κ2) is 3.21. The molecule has 0 aromatic heterocycles. The van der Waals surface area contributed by atoms with Crippen molar-refractivity contribution >= 4 is 0 Å². The molecule has 9 heavy (non-hydrogen) atoms. The first-order valence-electron chi connectivity index (χ1n) is 4.03. The van der Waals surface area contributed by atoms with E-state index in [1.54, 1.807) is 0 Å². The first-order valence-corrected chi connectivity index (χ1v) is 4.03. The van der Waals surface area contributed by atoms with Gasteiger partial charge in [-0.3, -0.25) is 0 Å². The smallest absolute Gasteiger partial charge is 0.00489 e. The Morgan fingerprint density at radius 2 is 1.78 bits per heavy atom. The number of hydrogen-bond acceptors (Lipinski definition) is 1. The number of hydrogen-bond donors (Lipinski definition) is 1. The van der Waals surface area contributed by atoms with Gasteiger partial charge in [-0.1, -0.05) is 19.8 Å². The lowest BCUT2D eigenvalue weighted by atomic mass is 9.83. The van der Waals surface area contributed by atoms with Gasteiger partial charge in [0.1, 0.15) is 0 Å². The molecule has 0 aliphatic heterocycles. The summed E-state index contributed by atoms with van der Waals surface area (Å²) in [5.74, 6) is 1.81. The second-order valence-electron chi connectivity index (χ2n) is 3.36. The average molecular weight is 127 g/mol. The quantitative estimate of drug-likeness (QED) is 0.570. The topological polar surface area (TPSA) is 26.0 Å². The molecule has 0 unspecified atom stereocenters. The van der Waals surface area contributed by atoms with Crippen LogP contribution in [-0.4, -0.2) is 6.54 Å². The van der Waals surface area contributed by atoms with Gasteiger partial charge in [0.2, 0.25) is 0 Å². The zero-order chi connectivity index (χ0) is 6.69. The zero-order valence-electron chi connectivity index (χ0n) is 6.27. The van der Waals surface area contributed by atoms with Gasteiger partial charge < -0.3 is 5.73 Å². The van der Waals surface area contributed by atoms with Crippen LogP contribution < -0.4 is 5.73 Å². The molecule has 1 fully saturated rings. The third-order valence-electron chi connectivity index (χ3n) is 2.47. The van der Waals surface area contributed by atoms with E-state index in [2.05, 4.69) is 6.92 Å². The van der Waals surface area contributed by atoms with Crippen LogP contribution in [0, 0.1) is 11.8 Å². The van der Waals surface area contributed by atoms with Crippen LogP contribution in [0.15, 0.2) is 0 Å². The highest BCUT2D eigenvalue weighted by Gasteiger charge is 2.15. The summed E-state index contributed by atoms with van der Waals surface area (Å²) in [5.41, 5.74) is 5.55. The summed E-state index contributed by atoms with van der Waals surface area (Å²) in [7, 11) is 0. The van der Waals surface area contributed by atoms with Crippen LogP contribution in [0.1, 0.15) is 32.6 Å². The van der Waals surface area contributed by atoms with E-state index in [4.69, 9.17) is 5.73 Å². The molecule has 1 aliphatic carbocycles. The molecule has 0 amide bonds. The first-order chi connectivity index (χ1) is 4.33. The summed E-state index contributed by atoms with van der Waals surface area (Å²) in [4.78, 5) is 0. The number of rotatable bonds is 1. The van der Waals surface area contributed by atoms with Crippen molar-refractivity contribution in [2.45, 2.75) is 32.6 Å². The van der Waals surface area contributed by atoms with Crippen LogP contribution in [-0.2, 0) is 0 Å². The third-order valence-corrected chi connectivity index (χ3v) is 2.47. The van der Waals surface area contributed by atoms with E-state index in [0.29, 0.717) is 0 Å². The summed E-state index contributed by atoms with van der Waals surface area (Å²) < 4.78 is 0. The Morgan fingerprint density at radius 3 is 2.22 bits per heavy atom. The molecule has 0 saturated heterocycles. The van der Waals surface area contributed by atoms with E-state index in [9.17, 15) is 0 Å². The maximum Gasteiger partial charge on any atom is -0.00489 e. The maximum absolute atomic E-state index is 5.55. The first kappa shape index (κ1) is 7.07. The Balaban J connectivity index is 2.18. The maximum atomic E-state index is 5.55. The van der Waals surface area contributed by atoms with Crippen molar-refractivity contribution < 1.29 is 0 Å². The molecular formula is C8H17N. The largest absolute Gasteiger partial charge is 0.330 e. The summed E-state index contributed by atoms with van der Waals surface area (Å²) in [6, 6.07) is 0. The van der Waals surface area contributed by atoms with E-state index < -0.39 is 0 Å². The van der Waals surface area contributed by atoms with E-state index >= 15 is 0 Å². The molecule has 0 spiro atoms. The molecule has 1 aliphatic rings. The SMILES string of the molecule is C[C@H]1CC[C@H](CN)CC1. The van der Waals surface area contributed by atoms with Crippen molar-refractivity contribution in [1.29, 1.82) is 0 Å².